The van der Waals surface area contributed by atoms with Gasteiger partial charge in [0.1, 0.15) is 17.4 Å². The summed E-state index contributed by atoms with van der Waals surface area (Å²) in [4.78, 5) is 12.9. The Morgan fingerprint density at radius 2 is 1.74 bits per heavy atom. The predicted octanol–water partition coefficient (Wildman–Crippen LogP) is 4.29. The van der Waals surface area contributed by atoms with Crippen LogP contribution in [0.15, 0.2) is 60.7 Å². The Morgan fingerprint density at radius 3 is 2.39 bits per heavy atom. The molecule has 3 aromatic carbocycles. The smallest absolute Gasteiger partial charge is 0.259 e. The van der Waals surface area contributed by atoms with Crippen molar-refractivity contribution < 1.29 is 26.7 Å². The molecule has 0 radical (unpaired) electrons. The fourth-order valence-corrected chi connectivity index (χ4v) is 3.52. The second-order valence-electron chi connectivity index (χ2n) is 6.74. The van der Waals surface area contributed by atoms with Crippen LogP contribution in [0.4, 0.5) is 20.2 Å². The lowest BCUT2D eigenvalue weighted by molar-refractivity contribution is 0.102. The summed E-state index contributed by atoms with van der Waals surface area (Å²) in [5.74, 6) is -1.72. The van der Waals surface area contributed by atoms with Crippen LogP contribution in [-0.4, -0.2) is 34.7 Å². The molecule has 0 aliphatic rings. The monoisotopic (exact) mass is 446 g/mol. The van der Waals surface area contributed by atoms with Gasteiger partial charge in [0.25, 0.3) is 5.91 Å². The molecule has 1 N–H and O–H groups in total. The zero-order valence-electron chi connectivity index (χ0n) is 17.0. The fourth-order valence-electron chi connectivity index (χ4n) is 3.00. The van der Waals surface area contributed by atoms with Crippen LogP contribution in [0.2, 0.25) is 0 Å². The third-order valence-electron chi connectivity index (χ3n) is 4.68. The highest BCUT2D eigenvalue weighted by molar-refractivity contribution is 7.92. The minimum Gasteiger partial charge on any atom is -0.496 e. The number of nitrogens with one attached hydrogen (secondary N) is 1. The van der Waals surface area contributed by atoms with E-state index >= 15 is 0 Å². The zero-order chi connectivity index (χ0) is 22.8. The standard InChI is InChI=1S/C22H20F2N2O4S/c1-26(31(3,28)29)20-11-8-14(16-10-9-15(23)13-18(16)24)12-19(20)25-22(27)17-6-4-5-7-21(17)30-2/h4-13H,1-3H3,(H,25,27). The van der Waals surface area contributed by atoms with Crippen molar-refractivity contribution in [1.82, 2.24) is 0 Å². The van der Waals surface area contributed by atoms with E-state index in [2.05, 4.69) is 5.32 Å². The molecule has 162 valence electrons. The van der Waals surface area contributed by atoms with E-state index < -0.39 is 27.6 Å². The Bertz CT molecular complexity index is 1250. The first-order valence-electron chi connectivity index (χ1n) is 9.09. The van der Waals surface area contributed by atoms with Gasteiger partial charge in [-0.3, -0.25) is 9.10 Å². The molecule has 9 heteroatoms. The van der Waals surface area contributed by atoms with Crippen LogP contribution in [0.5, 0.6) is 5.75 Å². The lowest BCUT2D eigenvalue weighted by atomic mass is 10.0. The molecule has 0 saturated carbocycles. The predicted molar refractivity (Wildman–Crippen MR) is 116 cm³/mol. The Balaban J connectivity index is 2.11. The SMILES string of the molecule is COc1ccccc1C(=O)Nc1cc(-c2ccc(F)cc2F)ccc1N(C)S(C)(=O)=O. The topological polar surface area (TPSA) is 75.7 Å². The summed E-state index contributed by atoms with van der Waals surface area (Å²) in [6.07, 6.45) is 1.02. The number of halogens is 2. The van der Waals surface area contributed by atoms with Crippen LogP contribution in [0.25, 0.3) is 11.1 Å². The number of benzene rings is 3. The number of hydrogen-bond acceptors (Lipinski definition) is 4. The van der Waals surface area contributed by atoms with Crippen molar-refractivity contribution >= 4 is 27.3 Å². The number of ether oxygens (including phenoxy) is 1. The number of carbonyl (C=O) groups excluding carboxylic acids is 1. The molecule has 0 unspecified atom stereocenters. The number of hydrogen-bond donors (Lipinski definition) is 1. The van der Waals surface area contributed by atoms with Crippen LogP contribution in [0.3, 0.4) is 0 Å². The molecule has 1 amide bonds. The van der Waals surface area contributed by atoms with Gasteiger partial charge in [0.05, 0.1) is 30.3 Å². The summed E-state index contributed by atoms with van der Waals surface area (Å²) >= 11 is 0. The van der Waals surface area contributed by atoms with Crippen molar-refractivity contribution in [3.63, 3.8) is 0 Å². The van der Waals surface area contributed by atoms with Crippen molar-refractivity contribution in [2.75, 3.05) is 30.0 Å². The van der Waals surface area contributed by atoms with Gasteiger partial charge in [-0.15, -0.1) is 0 Å². The van der Waals surface area contributed by atoms with E-state index in [1.165, 1.54) is 38.4 Å². The van der Waals surface area contributed by atoms with Gasteiger partial charge in [0, 0.05) is 18.7 Å². The van der Waals surface area contributed by atoms with Gasteiger partial charge in [0.2, 0.25) is 10.0 Å². The molecule has 0 aromatic heterocycles. The van der Waals surface area contributed by atoms with Gasteiger partial charge in [-0.05, 0) is 42.0 Å². The number of anilines is 2. The molecule has 3 aromatic rings. The number of sulfonamides is 1. The number of carbonyl (C=O) groups is 1. The summed E-state index contributed by atoms with van der Waals surface area (Å²) in [5, 5.41) is 2.67. The summed E-state index contributed by atoms with van der Waals surface area (Å²) in [5.41, 5.74) is 0.972. The van der Waals surface area contributed by atoms with Crippen molar-refractivity contribution in [2.24, 2.45) is 0 Å². The average molecular weight is 446 g/mol. The first kappa shape index (κ1) is 22.2. The van der Waals surface area contributed by atoms with Gasteiger partial charge in [-0.25, -0.2) is 17.2 Å². The molecular weight excluding hydrogens is 426 g/mol. The van der Waals surface area contributed by atoms with Crippen LogP contribution >= 0.6 is 0 Å². The van der Waals surface area contributed by atoms with Crippen LogP contribution in [-0.2, 0) is 10.0 Å². The molecule has 31 heavy (non-hydrogen) atoms. The van der Waals surface area contributed by atoms with Crippen LogP contribution < -0.4 is 14.4 Å². The maximum absolute atomic E-state index is 14.3. The van der Waals surface area contributed by atoms with E-state index in [4.69, 9.17) is 4.74 Å². The normalized spacial score (nSPS) is 11.1. The molecule has 0 spiro atoms. The maximum Gasteiger partial charge on any atom is 0.259 e. The molecule has 0 heterocycles. The van der Waals surface area contributed by atoms with Crippen LogP contribution in [0, 0.1) is 11.6 Å². The quantitative estimate of drug-likeness (QED) is 0.613. The number of amides is 1. The highest BCUT2D eigenvalue weighted by Gasteiger charge is 2.20. The van der Waals surface area contributed by atoms with E-state index in [0.29, 0.717) is 11.3 Å². The lowest BCUT2D eigenvalue weighted by Crippen LogP contribution is -2.26. The maximum atomic E-state index is 14.3. The first-order chi connectivity index (χ1) is 14.6. The van der Waals surface area contributed by atoms with Gasteiger partial charge in [0.15, 0.2) is 0 Å². The van der Waals surface area contributed by atoms with E-state index in [0.717, 1.165) is 22.7 Å². The minimum atomic E-state index is -3.65. The second kappa shape index (κ2) is 8.73. The van der Waals surface area contributed by atoms with E-state index in [-0.39, 0.29) is 22.5 Å². The molecule has 0 aliphatic carbocycles. The average Bonchev–Trinajstić information content (AvgIpc) is 2.72. The summed E-state index contributed by atoms with van der Waals surface area (Å²) in [6, 6.07) is 14.0. The van der Waals surface area contributed by atoms with Crippen molar-refractivity contribution in [2.45, 2.75) is 0 Å². The Hall–Kier alpha value is -3.46. The highest BCUT2D eigenvalue weighted by Crippen LogP contribution is 2.34. The summed E-state index contributed by atoms with van der Waals surface area (Å²) in [6.45, 7) is 0. The molecular formula is C22H20F2N2O4S. The second-order valence-corrected chi connectivity index (χ2v) is 8.75. The first-order valence-corrected chi connectivity index (χ1v) is 10.9. The molecule has 0 aliphatic heterocycles. The third-order valence-corrected chi connectivity index (χ3v) is 5.87. The Kier molecular flexibility index (Phi) is 6.26. The number of para-hydroxylation sites is 1. The van der Waals surface area contributed by atoms with Crippen LogP contribution in [0.1, 0.15) is 10.4 Å². The number of nitrogens with zero attached hydrogens (tertiary/aromatic N) is 1. The van der Waals surface area contributed by atoms with Gasteiger partial charge in [-0.1, -0.05) is 18.2 Å². The van der Waals surface area contributed by atoms with E-state index in [1.807, 2.05) is 0 Å². The third kappa shape index (κ3) is 4.83. The number of rotatable bonds is 6. The highest BCUT2D eigenvalue weighted by atomic mass is 32.2. The van der Waals surface area contributed by atoms with Crippen molar-refractivity contribution in [3.05, 3.63) is 77.9 Å². The van der Waals surface area contributed by atoms with E-state index in [1.54, 1.807) is 24.3 Å². The molecule has 0 bridgehead atoms. The molecule has 6 nitrogen and oxygen atoms in total. The minimum absolute atomic E-state index is 0.0998. The van der Waals surface area contributed by atoms with Gasteiger partial charge < -0.3 is 10.1 Å². The van der Waals surface area contributed by atoms with Crippen molar-refractivity contribution in [3.8, 4) is 16.9 Å². The van der Waals surface area contributed by atoms with Gasteiger partial charge >= 0.3 is 0 Å². The fraction of sp³-hybridized carbons (Fsp3) is 0.136. The number of methoxy groups -OCH3 is 1. The van der Waals surface area contributed by atoms with Gasteiger partial charge in [-0.2, -0.15) is 0 Å². The largest absolute Gasteiger partial charge is 0.496 e. The Morgan fingerprint density at radius 1 is 1.03 bits per heavy atom. The summed E-state index contributed by atoms with van der Waals surface area (Å²) < 4.78 is 57.9. The zero-order valence-corrected chi connectivity index (χ0v) is 17.8. The van der Waals surface area contributed by atoms with Crippen molar-refractivity contribution in [1.29, 1.82) is 0 Å². The molecule has 3 rings (SSSR count). The van der Waals surface area contributed by atoms with E-state index in [9.17, 15) is 22.0 Å². The molecule has 0 saturated heterocycles. The Labute approximate surface area is 179 Å². The lowest BCUT2D eigenvalue weighted by Gasteiger charge is -2.22. The molecule has 0 atom stereocenters. The summed E-state index contributed by atoms with van der Waals surface area (Å²) in [7, 11) is -0.891. The molecule has 0 fully saturated rings.